The number of aliphatic hydroxyl groups excluding tert-OH is 2. The van der Waals surface area contributed by atoms with Gasteiger partial charge in [-0.15, -0.1) is 0 Å². The Morgan fingerprint density at radius 2 is 0.948 bits per heavy atom. The zero-order valence-electron chi connectivity index (χ0n) is 37.6. The van der Waals surface area contributed by atoms with Gasteiger partial charge in [0.05, 0.1) is 25.2 Å². The van der Waals surface area contributed by atoms with Gasteiger partial charge in [0.1, 0.15) is 6.10 Å². The van der Waals surface area contributed by atoms with Crippen LogP contribution in [0.2, 0.25) is 0 Å². The molecule has 0 aliphatic heterocycles. The molecule has 332 valence electrons. The Kier molecular flexibility index (Phi) is 42.8. The summed E-state index contributed by atoms with van der Waals surface area (Å²) in [4.78, 5) is 26.0. The van der Waals surface area contributed by atoms with Gasteiger partial charge in [-0.1, -0.05) is 215 Å². The molecule has 3 unspecified atom stereocenters. The number of rotatable bonds is 41. The molecule has 0 fully saturated rings. The molecule has 0 saturated heterocycles. The van der Waals surface area contributed by atoms with Gasteiger partial charge in [0.25, 0.3) is 0 Å². The van der Waals surface area contributed by atoms with Crippen LogP contribution in [-0.4, -0.2) is 46.9 Å². The van der Waals surface area contributed by atoms with Gasteiger partial charge in [0.15, 0.2) is 0 Å². The van der Waals surface area contributed by atoms with E-state index in [-0.39, 0.29) is 24.9 Å². The van der Waals surface area contributed by atoms with Gasteiger partial charge in [0.2, 0.25) is 5.91 Å². The summed E-state index contributed by atoms with van der Waals surface area (Å²) in [5, 5.41) is 23.6. The zero-order chi connectivity index (χ0) is 42.4. The lowest BCUT2D eigenvalue weighted by atomic mass is 10.0. The van der Waals surface area contributed by atoms with Crippen LogP contribution in [0.15, 0.2) is 85.1 Å². The van der Waals surface area contributed by atoms with Crippen molar-refractivity contribution in [1.82, 2.24) is 5.32 Å². The summed E-state index contributed by atoms with van der Waals surface area (Å²) in [7, 11) is 0. The second-order valence-electron chi connectivity index (χ2n) is 15.9. The maximum Gasteiger partial charge on any atom is 0.306 e. The molecule has 6 nitrogen and oxygen atoms in total. The molecule has 6 heteroatoms. The number of hydrogen-bond acceptors (Lipinski definition) is 5. The average Bonchev–Trinajstić information content (AvgIpc) is 3.22. The third-order valence-corrected chi connectivity index (χ3v) is 10.4. The summed E-state index contributed by atoms with van der Waals surface area (Å²) in [6.07, 6.45) is 57.9. The molecule has 0 heterocycles. The number of carbonyl (C=O) groups is 2. The lowest BCUT2D eigenvalue weighted by Gasteiger charge is -2.24. The highest BCUT2D eigenvalue weighted by Crippen LogP contribution is 2.16. The van der Waals surface area contributed by atoms with E-state index in [1.807, 2.05) is 48.6 Å². The molecule has 0 aliphatic rings. The van der Waals surface area contributed by atoms with Crippen LogP contribution in [0.4, 0.5) is 0 Å². The van der Waals surface area contributed by atoms with Crippen LogP contribution >= 0.6 is 0 Å². The number of carbonyl (C=O) groups excluding carboxylic acids is 2. The lowest BCUT2D eigenvalue weighted by molar-refractivity contribution is -0.151. The van der Waals surface area contributed by atoms with Crippen molar-refractivity contribution in [2.45, 2.75) is 225 Å². The van der Waals surface area contributed by atoms with Crippen LogP contribution in [0.3, 0.4) is 0 Å². The molecule has 0 spiro atoms. The van der Waals surface area contributed by atoms with Gasteiger partial charge in [-0.2, -0.15) is 0 Å². The van der Waals surface area contributed by atoms with Crippen LogP contribution in [0.1, 0.15) is 207 Å². The largest absolute Gasteiger partial charge is 0.462 e. The molecule has 0 rings (SSSR count). The van der Waals surface area contributed by atoms with Gasteiger partial charge >= 0.3 is 5.97 Å². The Balaban J connectivity index is 4.76. The number of amides is 1. The number of nitrogens with one attached hydrogen (secondary N) is 1. The first-order valence-electron chi connectivity index (χ1n) is 23.9. The van der Waals surface area contributed by atoms with Crippen molar-refractivity contribution in [3.63, 3.8) is 0 Å². The molecule has 0 aromatic heterocycles. The Bertz CT molecular complexity index is 1130. The third-order valence-electron chi connectivity index (χ3n) is 10.4. The maximum atomic E-state index is 13.1. The number of ether oxygens (including phenoxy) is 1. The van der Waals surface area contributed by atoms with Gasteiger partial charge in [-0.25, -0.2) is 0 Å². The van der Waals surface area contributed by atoms with Gasteiger partial charge in [-0.3, -0.25) is 9.59 Å². The van der Waals surface area contributed by atoms with Crippen LogP contribution in [-0.2, 0) is 14.3 Å². The third kappa shape index (κ3) is 39.8. The number of unbranched alkanes of at least 4 members (excludes halogenated alkanes) is 20. The van der Waals surface area contributed by atoms with E-state index in [1.54, 1.807) is 0 Å². The minimum Gasteiger partial charge on any atom is -0.462 e. The summed E-state index contributed by atoms with van der Waals surface area (Å²) >= 11 is 0. The van der Waals surface area contributed by atoms with E-state index in [4.69, 9.17) is 4.74 Å². The Morgan fingerprint density at radius 1 is 0.517 bits per heavy atom. The second kappa shape index (κ2) is 45.1. The first-order chi connectivity index (χ1) is 28.5. The van der Waals surface area contributed by atoms with E-state index in [2.05, 4.69) is 62.5 Å². The second-order valence-corrected chi connectivity index (χ2v) is 15.9. The quantitative estimate of drug-likeness (QED) is 0.0325. The van der Waals surface area contributed by atoms with Crippen LogP contribution < -0.4 is 5.32 Å². The highest BCUT2D eigenvalue weighted by atomic mass is 16.5. The summed E-state index contributed by atoms with van der Waals surface area (Å²) < 4.78 is 5.86. The highest BCUT2D eigenvalue weighted by molar-refractivity contribution is 5.77. The van der Waals surface area contributed by atoms with Crippen molar-refractivity contribution >= 4 is 11.9 Å². The van der Waals surface area contributed by atoms with Crippen LogP contribution in [0.25, 0.3) is 0 Å². The Hall–Kier alpha value is -2.96. The summed E-state index contributed by atoms with van der Waals surface area (Å²) in [6.45, 7) is 6.27. The number of esters is 1. The fourth-order valence-electron chi connectivity index (χ4n) is 6.74. The molecule has 58 heavy (non-hydrogen) atoms. The molecule has 0 saturated carbocycles. The van der Waals surface area contributed by atoms with Crippen LogP contribution in [0, 0.1) is 0 Å². The van der Waals surface area contributed by atoms with E-state index in [1.165, 1.54) is 89.9 Å². The Morgan fingerprint density at radius 3 is 1.47 bits per heavy atom. The SMILES string of the molecule is CC/C=C/C=C/C=C\C=C/C=C/CCCC(CC(=O)NC(CO)C(O)CCCCCCCCCCCC)OC(=O)CCCCC/C=C/C=C/CCCCCCCCC. The molecule has 3 N–H and O–H groups in total. The number of aliphatic hydroxyl groups is 2. The predicted molar refractivity (Wildman–Crippen MR) is 250 cm³/mol. The van der Waals surface area contributed by atoms with E-state index in [0.29, 0.717) is 19.3 Å². The predicted octanol–water partition coefficient (Wildman–Crippen LogP) is 14.0. The van der Waals surface area contributed by atoms with E-state index < -0.39 is 18.2 Å². The number of hydrogen-bond donors (Lipinski definition) is 3. The van der Waals surface area contributed by atoms with Crippen molar-refractivity contribution in [2.24, 2.45) is 0 Å². The Labute approximate surface area is 357 Å². The fourth-order valence-corrected chi connectivity index (χ4v) is 6.74. The molecule has 3 atom stereocenters. The van der Waals surface area contributed by atoms with Crippen molar-refractivity contribution in [2.75, 3.05) is 6.61 Å². The molecule has 0 aliphatic carbocycles. The highest BCUT2D eigenvalue weighted by Gasteiger charge is 2.24. The lowest BCUT2D eigenvalue weighted by Crippen LogP contribution is -2.46. The van der Waals surface area contributed by atoms with E-state index in [9.17, 15) is 19.8 Å². The number of allylic oxidation sites excluding steroid dienone is 14. The topological polar surface area (TPSA) is 95.9 Å². The van der Waals surface area contributed by atoms with Crippen molar-refractivity contribution < 1.29 is 24.5 Å². The van der Waals surface area contributed by atoms with Crippen molar-refractivity contribution in [3.05, 3.63) is 85.1 Å². The smallest absolute Gasteiger partial charge is 0.306 e. The first-order valence-corrected chi connectivity index (χ1v) is 23.9. The molecule has 0 radical (unpaired) electrons. The summed E-state index contributed by atoms with van der Waals surface area (Å²) in [6, 6.07) is -0.732. The molecule has 1 amide bonds. The van der Waals surface area contributed by atoms with Gasteiger partial charge in [-0.05, 0) is 64.2 Å². The fraction of sp³-hybridized carbons (Fsp3) is 0.692. The average molecular weight is 808 g/mol. The standard InChI is InChI=1S/C52H89NO5/c1-4-7-10-13-16-19-22-24-25-26-28-30-33-36-39-42-45-52(57)58-48(43-40-37-34-31-29-27-23-20-17-14-11-8-5-2)46-51(56)53-49(47-54)50(55)44-41-38-35-32-21-18-15-12-9-6-3/h8,11,14,17,20,23,25-31,34,48-50,54-55H,4-7,9-10,12-13,15-16,18-19,21-22,24,32-33,35-47H2,1-3H3,(H,53,56)/b11-8+,17-14+,23-20-,26-25+,29-27-,30-28+,34-31+. The first kappa shape index (κ1) is 55.0. The molecular formula is C52H89NO5. The molecule has 0 aromatic rings. The van der Waals surface area contributed by atoms with Crippen LogP contribution in [0.5, 0.6) is 0 Å². The van der Waals surface area contributed by atoms with Crippen molar-refractivity contribution in [1.29, 1.82) is 0 Å². The molecule has 0 aromatic carbocycles. The summed E-state index contributed by atoms with van der Waals surface area (Å²) in [5.41, 5.74) is 0. The minimum atomic E-state index is -0.813. The molecule has 0 bridgehead atoms. The monoisotopic (exact) mass is 808 g/mol. The zero-order valence-corrected chi connectivity index (χ0v) is 37.6. The van der Waals surface area contributed by atoms with Gasteiger partial charge < -0.3 is 20.3 Å². The molecular weight excluding hydrogens is 719 g/mol. The maximum absolute atomic E-state index is 13.1. The normalized spacial score (nSPS) is 14.1. The summed E-state index contributed by atoms with van der Waals surface area (Å²) in [5.74, 6) is -0.586. The van der Waals surface area contributed by atoms with E-state index >= 15 is 0 Å². The van der Waals surface area contributed by atoms with Crippen molar-refractivity contribution in [3.8, 4) is 0 Å². The minimum absolute atomic E-state index is 0.0138. The van der Waals surface area contributed by atoms with Gasteiger partial charge in [0, 0.05) is 6.42 Å². The van der Waals surface area contributed by atoms with E-state index in [0.717, 1.165) is 70.6 Å².